The van der Waals surface area contributed by atoms with Crippen LogP contribution in [0, 0.1) is 5.92 Å². The average Bonchev–Trinajstić information content (AvgIpc) is 3.38. The molecule has 148 valence electrons. The maximum absolute atomic E-state index is 5.66. The number of nitrogens with zero attached hydrogens (tertiary/aromatic N) is 3. The second-order valence-electron chi connectivity index (χ2n) is 6.58. The fourth-order valence-corrected chi connectivity index (χ4v) is 2.59. The molecule has 3 rings (SSSR count). The van der Waals surface area contributed by atoms with Crippen molar-refractivity contribution in [1.82, 2.24) is 20.4 Å². The van der Waals surface area contributed by atoms with Crippen LogP contribution in [0.5, 0.6) is 0 Å². The van der Waals surface area contributed by atoms with Gasteiger partial charge in [0.25, 0.3) is 0 Å². The average molecular weight is 483 g/mol. The van der Waals surface area contributed by atoms with Gasteiger partial charge in [-0.05, 0) is 50.3 Å². The van der Waals surface area contributed by atoms with Crippen molar-refractivity contribution < 1.29 is 4.74 Å². The summed E-state index contributed by atoms with van der Waals surface area (Å²) >= 11 is 0. The number of halogens is 1. The number of para-hydroxylation sites is 1. The van der Waals surface area contributed by atoms with E-state index in [1.54, 1.807) is 0 Å². The molecule has 0 unspecified atom stereocenters. The van der Waals surface area contributed by atoms with Crippen molar-refractivity contribution in [2.24, 2.45) is 10.9 Å². The van der Waals surface area contributed by atoms with Crippen molar-refractivity contribution in [3.05, 3.63) is 48.3 Å². The number of aliphatic imine (C=N–C) groups is 1. The minimum absolute atomic E-state index is 0. The number of hydrogen-bond donors (Lipinski definition) is 2. The lowest BCUT2D eigenvalue weighted by atomic mass is 10.3. The predicted octanol–water partition coefficient (Wildman–Crippen LogP) is 3.36. The van der Waals surface area contributed by atoms with Crippen LogP contribution in [0.2, 0.25) is 0 Å². The second kappa shape index (κ2) is 12.0. The maximum Gasteiger partial charge on any atom is 0.191 e. The molecule has 1 aromatic heterocycles. The molecule has 1 aromatic carbocycles. The van der Waals surface area contributed by atoms with E-state index >= 15 is 0 Å². The standard InChI is InChI=1S/C20H29N5O.HI/c1-2-21-20(22-12-6-14-26-16-17-9-10-17)23-15-18-11-13-25(24-18)19-7-4-3-5-8-19;/h3-5,7-8,11,13,17H,2,6,9-10,12,14-16H2,1H3,(H2,21,22,23);1H. The van der Waals surface area contributed by atoms with Crippen LogP contribution in [0.4, 0.5) is 0 Å². The minimum atomic E-state index is 0. The number of ether oxygens (including phenoxy) is 1. The molecule has 2 N–H and O–H groups in total. The monoisotopic (exact) mass is 483 g/mol. The van der Waals surface area contributed by atoms with Crippen LogP contribution < -0.4 is 10.6 Å². The summed E-state index contributed by atoms with van der Waals surface area (Å²) in [6.07, 6.45) is 5.64. The number of guanidine groups is 1. The zero-order chi connectivity index (χ0) is 18.0. The van der Waals surface area contributed by atoms with E-state index in [1.807, 2.05) is 47.3 Å². The molecule has 0 saturated heterocycles. The highest BCUT2D eigenvalue weighted by Crippen LogP contribution is 2.28. The van der Waals surface area contributed by atoms with E-state index in [2.05, 4.69) is 27.6 Å². The Bertz CT molecular complexity index is 685. The molecule has 0 amide bonds. The lowest BCUT2D eigenvalue weighted by molar-refractivity contribution is 0.123. The first-order valence-electron chi connectivity index (χ1n) is 9.55. The number of aromatic nitrogens is 2. The highest BCUT2D eigenvalue weighted by molar-refractivity contribution is 14.0. The molecular weight excluding hydrogens is 453 g/mol. The van der Waals surface area contributed by atoms with Gasteiger partial charge in [0.05, 0.1) is 17.9 Å². The summed E-state index contributed by atoms with van der Waals surface area (Å²) in [4.78, 5) is 4.62. The first kappa shape index (κ1) is 21.7. The third kappa shape index (κ3) is 7.88. The molecule has 0 atom stereocenters. The second-order valence-corrected chi connectivity index (χ2v) is 6.58. The van der Waals surface area contributed by atoms with E-state index in [-0.39, 0.29) is 24.0 Å². The highest BCUT2D eigenvalue weighted by atomic mass is 127. The van der Waals surface area contributed by atoms with Crippen molar-refractivity contribution in [3.63, 3.8) is 0 Å². The van der Waals surface area contributed by atoms with Crippen molar-refractivity contribution in [2.45, 2.75) is 32.7 Å². The summed E-state index contributed by atoms with van der Waals surface area (Å²) < 4.78 is 7.54. The van der Waals surface area contributed by atoms with Crippen LogP contribution in [0.1, 0.15) is 31.9 Å². The largest absolute Gasteiger partial charge is 0.381 e. The van der Waals surface area contributed by atoms with Crippen LogP contribution in [-0.4, -0.2) is 42.0 Å². The molecule has 1 aliphatic rings. The van der Waals surface area contributed by atoms with Crippen molar-refractivity contribution in [1.29, 1.82) is 0 Å². The van der Waals surface area contributed by atoms with Crippen LogP contribution in [0.15, 0.2) is 47.6 Å². The Kier molecular flexibility index (Phi) is 9.61. The third-order valence-electron chi connectivity index (χ3n) is 4.22. The summed E-state index contributed by atoms with van der Waals surface area (Å²) in [6, 6.07) is 12.1. The van der Waals surface area contributed by atoms with E-state index in [4.69, 9.17) is 4.74 Å². The Balaban J connectivity index is 0.00000261. The molecule has 1 heterocycles. The number of benzene rings is 1. The Morgan fingerprint density at radius 1 is 1.22 bits per heavy atom. The Morgan fingerprint density at radius 2 is 2.04 bits per heavy atom. The first-order valence-corrected chi connectivity index (χ1v) is 9.55. The van der Waals surface area contributed by atoms with E-state index in [0.717, 1.165) is 56.0 Å². The summed E-state index contributed by atoms with van der Waals surface area (Å²) in [5.74, 6) is 1.65. The van der Waals surface area contributed by atoms with Gasteiger partial charge in [0.15, 0.2) is 5.96 Å². The Morgan fingerprint density at radius 3 is 2.78 bits per heavy atom. The van der Waals surface area contributed by atoms with Crippen LogP contribution >= 0.6 is 24.0 Å². The molecule has 0 aliphatic heterocycles. The molecule has 7 heteroatoms. The van der Waals surface area contributed by atoms with E-state index < -0.39 is 0 Å². The van der Waals surface area contributed by atoms with Gasteiger partial charge in [0, 0.05) is 32.5 Å². The molecule has 2 aromatic rings. The SMILES string of the molecule is CCNC(=NCc1ccn(-c2ccccc2)n1)NCCCOCC1CC1.I. The fourth-order valence-electron chi connectivity index (χ4n) is 2.59. The Hall–Kier alpha value is -1.61. The minimum Gasteiger partial charge on any atom is -0.381 e. The van der Waals surface area contributed by atoms with Crippen LogP contribution in [-0.2, 0) is 11.3 Å². The van der Waals surface area contributed by atoms with Crippen LogP contribution in [0.25, 0.3) is 5.69 Å². The summed E-state index contributed by atoms with van der Waals surface area (Å²) in [5.41, 5.74) is 2.00. The smallest absolute Gasteiger partial charge is 0.191 e. The highest BCUT2D eigenvalue weighted by Gasteiger charge is 2.20. The van der Waals surface area contributed by atoms with Gasteiger partial charge in [-0.2, -0.15) is 5.10 Å². The maximum atomic E-state index is 5.66. The quantitative estimate of drug-likeness (QED) is 0.236. The van der Waals surface area contributed by atoms with Crippen LogP contribution in [0.3, 0.4) is 0 Å². The number of nitrogens with one attached hydrogen (secondary N) is 2. The number of hydrogen-bond acceptors (Lipinski definition) is 3. The van der Waals surface area contributed by atoms with Gasteiger partial charge in [0.1, 0.15) is 0 Å². The van der Waals surface area contributed by atoms with E-state index in [0.29, 0.717) is 6.54 Å². The molecule has 1 aliphatic carbocycles. The molecule has 1 saturated carbocycles. The van der Waals surface area contributed by atoms with Gasteiger partial charge in [0.2, 0.25) is 0 Å². The van der Waals surface area contributed by atoms with Gasteiger partial charge in [-0.25, -0.2) is 9.67 Å². The lowest BCUT2D eigenvalue weighted by Gasteiger charge is -2.11. The molecular formula is C20H30IN5O. The van der Waals surface area contributed by atoms with Gasteiger partial charge in [-0.1, -0.05) is 18.2 Å². The molecule has 6 nitrogen and oxygen atoms in total. The van der Waals surface area contributed by atoms with Crippen molar-refractivity contribution >= 4 is 29.9 Å². The fraction of sp³-hybridized carbons (Fsp3) is 0.500. The zero-order valence-electron chi connectivity index (χ0n) is 15.9. The van der Waals surface area contributed by atoms with E-state index in [1.165, 1.54) is 12.8 Å². The summed E-state index contributed by atoms with van der Waals surface area (Å²) in [5, 5.41) is 11.2. The van der Waals surface area contributed by atoms with Crippen molar-refractivity contribution in [2.75, 3.05) is 26.3 Å². The van der Waals surface area contributed by atoms with Gasteiger partial charge >= 0.3 is 0 Å². The normalized spacial score (nSPS) is 13.9. The van der Waals surface area contributed by atoms with Crippen molar-refractivity contribution in [3.8, 4) is 5.69 Å². The summed E-state index contributed by atoms with van der Waals surface area (Å²) in [7, 11) is 0. The number of rotatable bonds is 10. The topological polar surface area (TPSA) is 63.5 Å². The molecule has 0 radical (unpaired) electrons. The van der Waals surface area contributed by atoms with Gasteiger partial charge in [-0.15, -0.1) is 24.0 Å². The van der Waals surface area contributed by atoms with E-state index in [9.17, 15) is 0 Å². The zero-order valence-corrected chi connectivity index (χ0v) is 18.3. The first-order chi connectivity index (χ1) is 12.8. The van der Waals surface area contributed by atoms with Gasteiger partial charge < -0.3 is 15.4 Å². The summed E-state index contributed by atoms with van der Waals surface area (Å²) in [6.45, 7) is 6.05. The predicted molar refractivity (Wildman–Crippen MR) is 120 cm³/mol. The van der Waals surface area contributed by atoms with Gasteiger partial charge in [-0.3, -0.25) is 0 Å². The molecule has 27 heavy (non-hydrogen) atoms. The third-order valence-corrected chi connectivity index (χ3v) is 4.22. The molecule has 0 spiro atoms. The lowest BCUT2D eigenvalue weighted by Crippen LogP contribution is -2.38. The molecule has 0 bridgehead atoms. The molecule has 1 fully saturated rings. The Labute approximate surface area is 178 Å².